The van der Waals surface area contributed by atoms with Crippen LogP contribution in [0.3, 0.4) is 0 Å². The van der Waals surface area contributed by atoms with Crippen molar-refractivity contribution in [2.24, 2.45) is 0 Å². The predicted octanol–water partition coefficient (Wildman–Crippen LogP) is 2.81. The minimum Gasteiger partial charge on any atom is -0.274 e. The maximum absolute atomic E-state index is 13.4. The van der Waals surface area contributed by atoms with Crippen LogP contribution in [0.5, 0.6) is 0 Å². The molecular weight excluding hydrogens is 298 g/mol. The molecule has 0 radical (unpaired) electrons. The van der Waals surface area contributed by atoms with E-state index < -0.39 is 27.3 Å². The second-order valence-corrected chi connectivity index (χ2v) is 5.59. The van der Waals surface area contributed by atoms with Gasteiger partial charge in [0, 0.05) is 6.20 Å². The Hall–Kier alpha value is -1.73. The highest BCUT2D eigenvalue weighted by Crippen LogP contribution is 2.22. The number of nitrogens with one attached hydrogen (secondary N) is 1. The maximum atomic E-state index is 13.4. The fraction of sp³-hybridized carbons (Fsp3) is 0. The molecule has 8 heteroatoms. The molecule has 19 heavy (non-hydrogen) atoms. The first kappa shape index (κ1) is 13.7. The van der Waals surface area contributed by atoms with E-state index in [0.717, 1.165) is 30.3 Å². The van der Waals surface area contributed by atoms with E-state index in [1.807, 2.05) is 4.72 Å². The molecule has 2 rings (SSSR count). The average Bonchev–Trinajstić information content (AvgIpc) is 2.34. The number of sulfonamides is 1. The van der Waals surface area contributed by atoms with Gasteiger partial charge in [0.2, 0.25) is 0 Å². The van der Waals surface area contributed by atoms with Crippen LogP contribution in [0.2, 0.25) is 5.15 Å². The summed E-state index contributed by atoms with van der Waals surface area (Å²) in [5, 5.41) is -0.0446. The number of hydrogen-bond donors (Lipinski definition) is 1. The molecule has 1 aromatic carbocycles. The first-order valence-corrected chi connectivity index (χ1v) is 6.84. The standard InChI is InChI=1S/C11H7ClF2N2O2S/c12-10-6-7(4-5-15-10)19(17,18)16-11-8(13)2-1-3-9(11)14/h1-6,16H. The summed E-state index contributed by atoms with van der Waals surface area (Å²) in [6.07, 6.45) is 1.18. The monoisotopic (exact) mass is 304 g/mol. The summed E-state index contributed by atoms with van der Waals surface area (Å²) in [6.45, 7) is 0. The van der Waals surface area contributed by atoms with Crippen LogP contribution in [-0.4, -0.2) is 13.4 Å². The third-order valence-corrected chi connectivity index (χ3v) is 3.76. The molecule has 1 heterocycles. The normalized spacial score (nSPS) is 11.3. The number of rotatable bonds is 3. The summed E-state index contributed by atoms with van der Waals surface area (Å²) in [5.41, 5.74) is -0.740. The number of nitrogens with zero attached hydrogens (tertiary/aromatic N) is 1. The molecule has 0 saturated carbocycles. The quantitative estimate of drug-likeness (QED) is 0.887. The summed E-state index contributed by atoms with van der Waals surface area (Å²) < 4.78 is 52.4. The minimum absolute atomic E-state index is 0.0446. The molecule has 0 aliphatic rings. The summed E-state index contributed by atoms with van der Waals surface area (Å²) in [6, 6.07) is 5.25. The average molecular weight is 305 g/mol. The van der Waals surface area contributed by atoms with Crippen LogP contribution < -0.4 is 4.72 Å². The van der Waals surface area contributed by atoms with Crippen LogP contribution in [0.4, 0.5) is 14.5 Å². The molecule has 1 N–H and O–H groups in total. The van der Waals surface area contributed by atoms with E-state index >= 15 is 0 Å². The molecule has 0 atom stereocenters. The number of benzene rings is 1. The van der Waals surface area contributed by atoms with Crippen LogP contribution in [-0.2, 0) is 10.0 Å². The summed E-state index contributed by atoms with van der Waals surface area (Å²) >= 11 is 5.56. The van der Waals surface area contributed by atoms with Gasteiger partial charge < -0.3 is 0 Å². The Bertz CT molecular complexity index is 702. The van der Waals surface area contributed by atoms with Crippen LogP contribution in [0, 0.1) is 11.6 Å². The zero-order valence-electron chi connectivity index (χ0n) is 9.27. The van der Waals surface area contributed by atoms with E-state index in [1.165, 1.54) is 6.20 Å². The molecule has 1 aromatic heterocycles. The lowest BCUT2D eigenvalue weighted by Gasteiger charge is -2.09. The van der Waals surface area contributed by atoms with Gasteiger partial charge in [-0.3, -0.25) is 4.72 Å². The number of para-hydroxylation sites is 1. The second-order valence-electron chi connectivity index (χ2n) is 3.52. The van der Waals surface area contributed by atoms with Gasteiger partial charge in [0.25, 0.3) is 10.0 Å². The summed E-state index contributed by atoms with van der Waals surface area (Å²) in [4.78, 5) is 3.38. The van der Waals surface area contributed by atoms with E-state index in [0.29, 0.717) is 0 Å². The van der Waals surface area contributed by atoms with Crippen molar-refractivity contribution in [1.82, 2.24) is 4.98 Å². The van der Waals surface area contributed by atoms with Gasteiger partial charge in [-0.1, -0.05) is 17.7 Å². The molecule has 4 nitrogen and oxygen atoms in total. The van der Waals surface area contributed by atoms with E-state index in [9.17, 15) is 17.2 Å². The molecule has 0 saturated heterocycles. The van der Waals surface area contributed by atoms with Crippen molar-refractivity contribution in [3.63, 3.8) is 0 Å². The molecule has 0 fully saturated rings. The Labute approximate surface area is 113 Å². The third-order valence-electron chi connectivity index (χ3n) is 2.21. The van der Waals surface area contributed by atoms with Gasteiger partial charge in [0.05, 0.1) is 4.90 Å². The molecule has 0 unspecified atom stereocenters. The van der Waals surface area contributed by atoms with E-state index in [1.54, 1.807) is 0 Å². The van der Waals surface area contributed by atoms with Crippen LogP contribution in [0.15, 0.2) is 41.4 Å². The van der Waals surface area contributed by atoms with Crippen LogP contribution in [0.1, 0.15) is 0 Å². The van der Waals surface area contributed by atoms with E-state index in [4.69, 9.17) is 11.6 Å². The van der Waals surface area contributed by atoms with Crippen molar-refractivity contribution in [1.29, 1.82) is 0 Å². The first-order chi connectivity index (χ1) is 8.90. The summed E-state index contributed by atoms with van der Waals surface area (Å²) in [7, 11) is -4.14. The predicted molar refractivity (Wildman–Crippen MR) is 66.4 cm³/mol. The van der Waals surface area contributed by atoms with Crippen molar-refractivity contribution in [2.45, 2.75) is 4.90 Å². The number of pyridine rings is 1. The molecule has 0 aliphatic heterocycles. The highest BCUT2D eigenvalue weighted by atomic mass is 35.5. The number of anilines is 1. The van der Waals surface area contributed by atoms with Crippen molar-refractivity contribution in [3.8, 4) is 0 Å². The van der Waals surface area contributed by atoms with Crippen LogP contribution >= 0.6 is 11.6 Å². The highest BCUT2D eigenvalue weighted by Gasteiger charge is 2.19. The number of hydrogen-bond acceptors (Lipinski definition) is 3. The van der Waals surface area contributed by atoms with Crippen molar-refractivity contribution in [3.05, 3.63) is 53.3 Å². The Balaban J connectivity index is 2.42. The molecule has 2 aromatic rings. The molecule has 0 amide bonds. The molecular formula is C11H7ClF2N2O2S. The van der Waals surface area contributed by atoms with Gasteiger partial charge in [0.1, 0.15) is 22.5 Å². The smallest absolute Gasteiger partial charge is 0.262 e. The zero-order chi connectivity index (χ0) is 14.0. The Morgan fingerprint density at radius 3 is 2.37 bits per heavy atom. The van der Waals surface area contributed by atoms with Gasteiger partial charge in [-0.15, -0.1) is 0 Å². The lowest BCUT2D eigenvalue weighted by atomic mass is 10.3. The fourth-order valence-electron chi connectivity index (χ4n) is 1.34. The molecule has 0 aliphatic carbocycles. The van der Waals surface area contributed by atoms with Crippen molar-refractivity contribution >= 4 is 27.3 Å². The molecule has 0 spiro atoms. The Morgan fingerprint density at radius 2 is 1.79 bits per heavy atom. The SMILES string of the molecule is O=S(=O)(Nc1c(F)cccc1F)c1ccnc(Cl)c1. The maximum Gasteiger partial charge on any atom is 0.262 e. The van der Waals surface area contributed by atoms with Gasteiger partial charge >= 0.3 is 0 Å². The van der Waals surface area contributed by atoms with E-state index in [2.05, 4.69) is 4.98 Å². The van der Waals surface area contributed by atoms with E-state index in [-0.39, 0.29) is 10.0 Å². The second kappa shape index (κ2) is 5.10. The minimum atomic E-state index is -4.14. The van der Waals surface area contributed by atoms with Crippen molar-refractivity contribution < 1.29 is 17.2 Å². The molecule has 100 valence electrons. The van der Waals surface area contributed by atoms with Gasteiger partial charge in [-0.05, 0) is 24.3 Å². The molecule has 0 bridgehead atoms. The Kier molecular flexibility index (Phi) is 3.68. The van der Waals surface area contributed by atoms with Gasteiger partial charge in [-0.25, -0.2) is 22.2 Å². The number of halogens is 3. The van der Waals surface area contributed by atoms with Gasteiger partial charge in [0.15, 0.2) is 0 Å². The Morgan fingerprint density at radius 1 is 1.16 bits per heavy atom. The topological polar surface area (TPSA) is 59.1 Å². The zero-order valence-corrected chi connectivity index (χ0v) is 10.8. The summed E-state index contributed by atoms with van der Waals surface area (Å²) in [5.74, 6) is -2.02. The number of aromatic nitrogens is 1. The third kappa shape index (κ3) is 2.99. The highest BCUT2D eigenvalue weighted by molar-refractivity contribution is 7.92. The van der Waals surface area contributed by atoms with Gasteiger partial charge in [-0.2, -0.15) is 0 Å². The first-order valence-electron chi connectivity index (χ1n) is 4.98. The fourth-order valence-corrected chi connectivity index (χ4v) is 2.67. The largest absolute Gasteiger partial charge is 0.274 e. The van der Waals surface area contributed by atoms with Crippen LogP contribution in [0.25, 0.3) is 0 Å². The lowest BCUT2D eigenvalue weighted by Crippen LogP contribution is -2.15. The lowest BCUT2D eigenvalue weighted by molar-refractivity contribution is 0.583. The van der Waals surface area contributed by atoms with Crippen molar-refractivity contribution in [2.75, 3.05) is 4.72 Å².